The van der Waals surface area contributed by atoms with Crippen molar-refractivity contribution in [3.8, 4) is 5.75 Å². The molecule has 168 valence electrons. The van der Waals surface area contributed by atoms with Gasteiger partial charge < -0.3 is 15.4 Å². The average Bonchev–Trinajstić information content (AvgIpc) is 2.74. The maximum atomic E-state index is 12.7. The molecule has 1 fully saturated rings. The SMILES string of the molecule is C=CCOc1cc(/C=C/c2ccc(Cl)cc2Br)cc(C(=O)NCC(=O)CCC2CNC2)c1. The van der Waals surface area contributed by atoms with E-state index in [1.54, 1.807) is 18.2 Å². The minimum Gasteiger partial charge on any atom is -0.490 e. The molecular formula is C25H26BrClN2O3. The van der Waals surface area contributed by atoms with Gasteiger partial charge in [0, 0.05) is 21.5 Å². The van der Waals surface area contributed by atoms with Gasteiger partial charge in [-0.15, -0.1) is 0 Å². The lowest BCUT2D eigenvalue weighted by molar-refractivity contribution is -0.118. The quantitative estimate of drug-likeness (QED) is 0.320. The normalized spacial score (nSPS) is 13.6. The first-order chi connectivity index (χ1) is 15.4. The number of carbonyl (C=O) groups excluding carboxylic acids is 2. The van der Waals surface area contributed by atoms with Crippen molar-refractivity contribution in [1.82, 2.24) is 10.6 Å². The van der Waals surface area contributed by atoms with Crippen molar-refractivity contribution in [3.63, 3.8) is 0 Å². The summed E-state index contributed by atoms with van der Waals surface area (Å²) >= 11 is 9.51. The van der Waals surface area contributed by atoms with Gasteiger partial charge >= 0.3 is 0 Å². The van der Waals surface area contributed by atoms with Crippen molar-refractivity contribution in [2.45, 2.75) is 12.8 Å². The smallest absolute Gasteiger partial charge is 0.251 e. The maximum Gasteiger partial charge on any atom is 0.251 e. The molecule has 2 aromatic carbocycles. The Morgan fingerprint density at radius 2 is 2.03 bits per heavy atom. The number of hydrogen-bond donors (Lipinski definition) is 2. The third-order valence-corrected chi connectivity index (χ3v) is 6.04. The van der Waals surface area contributed by atoms with Gasteiger partial charge in [0.05, 0.1) is 6.54 Å². The first-order valence-electron chi connectivity index (χ1n) is 10.5. The molecule has 1 heterocycles. The molecule has 0 aliphatic carbocycles. The fourth-order valence-corrected chi connectivity index (χ4v) is 4.01. The number of ketones is 1. The molecule has 0 aromatic heterocycles. The van der Waals surface area contributed by atoms with E-state index in [0.29, 0.717) is 35.3 Å². The van der Waals surface area contributed by atoms with Gasteiger partial charge in [0.15, 0.2) is 5.78 Å². The largest absolute Gasteiger partial charge is 0.490 e. The molecule has 0 bridgehead atoms. The van der Waals surface area contributed by atoms with Crippen LogP contribution in [0.25, 0.3) is 12.2 Å². The molecule has 2 N–H and O–H groups in total. The number of benzene rings is 2. The Kier molecular flexibility index (Phi) is 9.09. The van der Waals surface area contributed by atoms with Crippen molar-refractivity contribution < 1.29 is 14.3 Å². The van der Waals surface area contributed by atoms with Crippen LogP contribution in [0.15, 0.2) is 53.5 Å². The molecule has 32 heavy (non-hydrogen) atoms. The molecule has 7 heteroatoms. The van der Waals surface area contributed by atoms with Crippen molar-refractivity contribution in [2.75, 3.05) is 26.2 Å². The second-order valence-corrected chi connectivity index (χ2v) is 8.96. The Bertz CT molecular complexity index is 1020. The molecule has 1 aliphatic rings. The Morgan fingerprint density at radius 1 is 1.22 bits per heavy atom. The molecule has 2 aromatic rings. The highest BCUT2D eigenvalue weighted by Crippen LogP contribution is 2.25. The van der Waals surface area contributed by atoms with Crippen LogP contribution in [-0.4, -0.2) is 37.9 Å². The van der Waals surface area contributed by atoms with Gasteiger partial charge in [-0.2, -0.15) is 0 Å². The number of amides is 1. The summed E-state index contributed by atoms with van der Waals surface area (Å²) in [5, 5.41) is 6.57. The first-order valence-corrected chi connectivity index (χ1v) is 11.6. The highest BCUT2D eigenvalue weighted by atomic mass is 79.9. The van der Waals surface area contributed by atoms with Crippen LogP contribution in [0, 0.1) is 5.92 Å². The zero-order chi connectivity index (χ0) is 22.9. The standard InChI is InChI=1S/C25H26BrClN2O3/c1-2-9-32-23-11-17(3-5-19-6-7-21(27)13-24(19)26)10-20(12-23)25(31)29-16-22(30)8-4-18-14-28-15-18/h2-3,5-7,10-13,18,28H,1,4,8-9,14-16H2,(H,29,31)/b5-3+. The summed E-state index contributed by atoms with van der Waals surface area (Å²) in [4.78, 5) is 24.8. The van der Waals surface area contributed by atoms with Gasteiger partial charge in [-0.25, -0.2) is 0 Å². The second kappa shape index (κ2) is 12.0. The molecule has 1 saturated heterocycles. The Balaban J connectivity index is 1.69. The summed E-state index contributed by atoms with van der Waals surface area (Å²) in [6, 6.07) is 10.8. The number of hydrogen-bond acceptors (Lipinski definition) is 4. The highest BCUT2D eigenvalue weighted by molar-refractivity contribution is 9.10. The third kappa shape index (κ3) is 7.33. The van der Waals surface area contributed by atoms with Gasteiger partial charge in [-0.05, 0) is 66.9 Å². The Labute approximate surface area is 202 Å². The molecule has 1 amide bonds. The molecule has 1 aliphatic heterocycles. The van der Waals surface area contributed by atoms with Gasteiger partial charge in [-0.1, -0.05) is 58.4 Å². The highest BCUT2D eigenvalue weighted by Gasteiger charge is 2.18. The summed E-state index contributed by atoms with van der Waals surface area (Å²) in [7, 11) is 0. The van der Waals surface area contributed by atoms with Crippen LogP contribution in [-0.2, 0) is 4.79 Å². The molecule has 0 spiro atoms. The molecule has 0 saturated carbocycles. The van der Waals surface area contributed by atoms with Crippen molar-refractivity contribution in [1.29, 1.82) is 0 Å². The molecular weight excluding hydrogens is 492 g/mol. The Morgan fingerprint density at radius 3 is 2.72 bits per heavy atom. The van der Waals surface area contributed by atoms with Crippen LogP contribution in [0.4, 0.5) is 0 Å². The number of ether oxygens (including phenoxy) is 1. The summed E-state index contributed by atoms with van der Waals surface area (Å²) < 4.78 is 6.53. The number of rotatable bonds is 11. The number of nitrogens with one attached hydrogen (secondary N) is 2. The van der Waals surface area contributed by atoms with Gasteiger partial charge in [-0.3, -0.25) is 9.59 Å². The predicted octanol–water partition coefficient (Wildman–Crippen LogP) is 5.14. The summed E-state index contributed by atoms with van der Waals surface area (Å²) in [5.74, 6) is 0.853. The van der Waals surface area contributed by atoms with E-state index in [0.717, 1.165) is 35.1 Å². The van der Waals surface area contributed by atoms with Crippen molar-refractivity contribution in [3.05, 3.63) is 75.2 Å². The minimum absolute atomic E-state index is 0.0274. The minimum atomic E-state index is -0.310. The molecule has 0 atom stereocenters. The van der Waals surface area contributed by atoms with E-state index in [9.17, 15) is 9.59 Å². The van der Waals surface area contributed by atoms with Crippen LogP contribution in [0.5, 0.6) is 5.75 Å². The van der Waals surface area contributed by atoms with Crippen LogP contribution in [0.3, 0.4) is 0 Å². The Hall–Kier alpha value is -2.41. The topological polar surface area (TPSA) is 67.4 Å². The zero-order valence-electron chi connectivity index (χ0n) is 17.7. The maximum absolute atomic E-state index is 12.7. The van der Waals surface area contributed by atoms with Gasteiger partial charge in [0.2, 0.25) is 0 Å². The lowest BCUT2D eigenvalue weighted by Crippen LogP contribution is -2.42. The average molecular weight is 518 g/mol. The van der Waals surface area contributed by atoms with Crippen molar-refractivity contribution in [2.24, 2.45) is 5.92 Å². The monoisotopic (exact) mass is 516 g/mol. The third-order valence-electron chi connectivity index (χ3n) is 5.12. The van der Waals surface area contributed by atoms with Crippen LogP contribution in [0.1, 0.15) is 34.3 Å². The lowest BCUT2D eigenvalue weighted by Gasteiger charge is -2.26. The molecule has 3 rings (SSSR count). The van der Waals surface area contributed by atoms with E-state index < -0.39 is 0 Å². The van der Waals surface area contributed by atoms with E-state index in [4.69, 9.17) is 16.3 Å². The molecule has 5 nitrogen and oxygen atoms in total. The summed E-state index contributed by atoms with van der Waals surface area (Å²) in [5.41, 5.74) is 2.17. The summed E-state index contributed by atoms with van der Waals surface area (Å²) in [6.07, 6.45) is 6.81. The lowest BCUT2D eigenvalue weighted by atomic mass is 9.96. The number of halogens is 2. The predicted molar refractivity (Wildman–Crippen MR) is 133 cm³/mol. The van der Waals surface area contributed by atoms with Gasteiger partial charge in [0.25, 0.3) is 5.91 Å². The fourth-order valence-electron chi connectivity index (χ4n) is 3.20. The van der Waals surface area contributed by atoms with E-state index in [1.807, 2.05) is 36.4 Å². The number of Topliss-reactive ketones (excluding diaryl/α,β-unsaturated/α-hetero) is 1. The first kappa shape index (κ1) is 24.2. The molecule has 0 unspecified atom stereocenters. The van der Waals surface area contributed by atoms with Gasteiger partial charge in [0.1, 0.15) is 12.4 Å². The van der Waals surface area contributed by atoms with Crippen LogP contribution < -0.4 is 15.4 Å². The number of carbonyl (C=O) groups is 2. The van der Waals surface area contributed by atoms with E-state index in [-0.39, 0.29) is 18.2 Å². The molecule has 0 radical (unpaired) electrons. The van der Waals surface area contributed by atoms with E-state index >= 15 is 0 Å². The fraction of sp³-hybridized carbons (Fsp3) is 0.280. The van der Waals surface area contributed by atoms with Crippen LogP contribution >= 0.6 is 27.5 Å². The summed E-state index contributed by atoms with van der Waals surface area (Å²) in [6.45, 7) is 5.96. The van der Waals surface area contributed by atoms with Crippen molar-refractivity contribution >= 4 is 51.4 Å². The van der Waals surface area contributed by atoms with Crippen LogP contribution in [0.2, 0.25) is 5.02 Å². The van der Waals surface area contributed by atoms with E-state index in [1.165, 1.54) is 0 Å². The van der Waals surface area contributed by atoms with E-state index in [2.05, 4.69) is 33.1 Å². The zero-order valence-corrected chi connectivity index (χ0v) is 20.0. The second-order valence-electron chi connectivity index (χ2n) is 7.67.